The number of nitrogens with zero attached hydrogens (tertiary/aromatic N) is 4. The van der Waals surface area contributed by atoms with Crippen molar-refractivity contribution in [2.45, 2.75) is 6.42 Å². The minimum absolute atomic E-state index is 0.162. The molecule has 0 saturated carbocycles. The van der Waals surface area contributed by atoms with Gasteiger partial charge in [-0.15, -0.1) is 0 Å². The van der Waals surface area contributed by atoms with Gasteiger partial charge in [-0.2, -0.15) is 0 Å². The van der Waals surface area contributed by atoms with Crippen LogP contribution in [-0.4, -0.2) is 67.7 Å². The Balaban J connectivity index is 1.52. The van der Waals surface area contributed by atoms with Crippen LogP contribution in [-0.2, 0) is 6.42 Å². The van der Waals surface area contributed by atoms with Gasteiger partial charge in [0.25, 0.3) is 5.91 Å². The number of hydrogen-bond acceptors (Lipinski definition) is 6. The average Bonchev–Trinajstić information content (AvgIpc) is 2.69. The van der Waals surface area contributed by atoms with Gasteiger partial charge in [0.15, 0.2) is 0 Å². The molecular weight excluding hydrogens is 330 g/mol. The SMILES string of the molecule is COc1ccccc1CCNC(=O)c1cnc(N2CCN(C)CC2)nc1. The lowest BCUT2D eigenvalue weighted by molar-refractivity contribution is 0.0953. The van der Waals surface area contributed by atoms with Crippen molar-refractivity contribution in [2.24, 2.45) is 0 Å². The predicted molar refractivity (Wildman–Crippen MR) is 101 cm³/mol. The van der Waals surface area contributed by atoms with E-state index in [9.17, 15) is 4.79 Å². The number of rotatable bonds is 6. The number of nitrogens with one attached hydrogen (secondary N) is 1. The fourth-order valence-electron chi connectivity index (χ4n) is 2.93. The topological polar surface area (TPSA) is 70.6 Å². The van der Waals surface area contributed by atoms with Crippen molar-refractivity contribution in [2.75, 3.05) is 51.8 Å². The van der Waals surface area contributed by atoms with Crippen LogP contribution in [0.5, 0.6) is 5.75 Å². The molecule has 1 N–H and O–H groups in total. The lowest BCUT2D eigenvalue weighted by Crippen LogP contribution is -2.45. The first-order chi connectivity index (χ1) is 12.7. The number of aromatic nitrogens is 2. The highest BCUT2D eigenvalue weighted by atomic mass is 16.5. The molecule has 0 atom stereocenters. The van der Waals surface area contributed by atoms with Crippen molar-refractivity contribution in [3.8, 4) is 5.75 Å². The summed E-state index contributed by atoms with van der Waals surface area (Å²) in [5.74, 6) is 1.36. The first-order valence-corrected chi connectivity index (χ1v) is 8.83. The summed E-state index contributed by atoms with van der Waals surface area (Å²) in [5.41, 5.74) is 1.54. The lowest BCUT2D eigenvalue weighted by atomic mass is 10.1. The molecule has 138 valence electrons. The molecule has 1 aromatic carbocycles. The number of piperazine rings is 1. The Morgan fingerprint density at radius 1 is 1.15 bits per heavy atom. The molecule has 7 nitrogen and oxygen atoms in total. The minimum Gasteiger partial charge on any atom is -0.496 e. The number of anilines is 1. The number of ether oxygens (including phenoxy) is 1. The molecule has 3 rings (SSSR count). The molecule has 1 aromatic heterocycles. The second-order valence-electron chi connectivity index (χ2n) is 6.38. The highest BCUT2D eigenvalue weighted by Gasteiger charge is 2.17. The van der Waals surface area contributed by atoms with E-state index in [1.54, 1.807) is 19.5 Å². The first-order valence-electron chi connectivity index (χ1n) is 8.83. The van der Waals surface area contributed by atoms with E-state index in [0.29, 0.717) is 24.5 Å². The van der Waals surface area contributed by atoms with Crippen molar-refractivity contribution in [1.29, 1.82) is 0 Å². The number of carbonyl (C=O) groups is 1. The minimum atomic E-state index is -0.162. The molecule has 0 spiro atoms. The normalized spacial score (nSPS) is 14.9. The summed E-state index contributed by atoms with van der Waals surface area (Å²) in [5, 5.41) is 2.91. The second-order valence-corrected chi connectivity index (χ2v) is 6.38. The number of likely N-dealkylation sites (N-methyl/N-ethyl adjacent to an activating group) is 1. The summed E-state index contributed by atoms with van der Waals surface area (Å²) < 4.78 is 5.32. The highest BCUT2D eigenvalue weighted by Crippen LogP contribution is 2.17. The van der Waals surface area contributed by atoms with E-state index in [0.717, 1.165) is 37.5 Å². The van der Waals surface area contributed by atoms with Crippen molar-refractivity contribution in [3.63, 3.8) is 0 Å². The zero-order chi connectivity index (χ0) is 18.4. The quantitative estimate of drug-likeness (QED) is 0.840. The molecule has 2 heterocycles. The number of para-hydroxylation sites is 1. The van der Waals surface area contributed by atoms with Crippen molar-refractivity contribution in [3.05, 3.63) is 47.8 Å². The van der Waals surface area contributed by atoms with Crippen LogP contribution in [0.15, 0.2) is 36.7 Å². The molecule has 1 aliphatic heterocycles. The molecule has 7 heteroatoms. The van der Waals surface area contributed by atoms with E-state index >= 15 is 0 Å². The molecule has 0 bridgehead atoms. The summed E-state index contributed by atoms with van der Waals surface area (Å²) in [6, 6.07) is 7.81. The van der Waals surface area contributed by atoms with Crippen molar-refractivity contribution in [1.82, 2.24) is 20.2 Å². The number of benzene rings is 1. The van der Waals surface area contributed by atoms with E-state index in [1.807, 2.05) is 24.3 Å². The zero-order valence-corrected chi connectivity index (χ0v) is 15.3. The monoisotopic (exact) mass is 355 g/mol. The third-order valence-electron chi connectivity index (χ3n) is 4.56. The highest BCUT2D eigenvalue weighted by molar-refractivity contribution is 5.93. The van der Waals surface area contributed by atoms with Crippen molar-refractivity contribution < 1.29 is 9.53 Å². The summed E-state index contributed by atoms with van der Waals surface area (Å²) >= 11 is 0. The van der Waals surface area contributed by atoms with Gasteiger partial charge in [-0.25, -0.2) is 9.97 Å². The van der Waals surface area contributed by atoms with E-state index in [-0.39, 0.29) is 5.91 Å². The summed E-state index contributed by atoms with van der Waals surface area (Å²) in [7, 11) is 3.76. The van der Waals surface area contributed by atoms with Gasteiger partial charge in [0.05, 0.1) is 12.7 Å². The maximum atomic E-state index is 12.3. The van der Waals surface area contributed by atoms with E-state index in [4.69, 9.17) is 4.74 Å². The Kier molecular flexibility index (Phi) is 6.01. The maximum Gasteiger partial charge on any atom is 0.254 e. The Morgan fingerprint density at radius 3 is 2.54 bits per heavy atom. The average molecular weight is 355 g/mol. The Labute approximate surface area is 154 Å². The fourth-order valence-corrected chi connectivity index (χ4v) is 2.93. The molecule has 1 fully saturated rings. The van der Waals surface area contributed by atoms with Gasteiger partial charge in [-0.1, -0.05) is 18.2 Å². The molecular formula is C19H25N5O2. The van der Waals surface area contributed by atoms with E-state index in [1.165, 1.54) is 0 Å². The molecule has 2 aromatic rings. The summed E-state index contributed by atoms with van der Waals surface area (Å²) in [6.07, 6.45) is 3.90. The van der Waals surface area contributed by atoms with Gasteiger partial charge < -0.3 is 19.9 Å². The molecule has 0 radical (unpaired) electrons. The van der Waals surface area contributed by atoms with E-state index < -0.39 is 0 Å². The van der Waals surface area contributed by atoms with Crippen molar-refractivity contribution >= 4 is 11.9 Å². The maximum absolute atomic E-state index is 12.3. The smallest absolute Gasteiger partial charge is 0.254 e. The van der Waals surface area contributed by atoms with Crippen LogP contribution >= 0.6 is 0 Å². The number of amides is 1. The first kappa shape index (κ1) is 18.1. The van der Waals surface area contributed by atoms with Gasteiger partial charge >= 0.3 is 0 Å². The Hall–Kier alpha value is -2.67. The van der Waals surface area contributed by atoms with Gasteiger partial charge in [-0.3, -0.25) is 4.79 Å². The summed E-state index contributed by atoms with van der Waals surface area (Å²) in [4.78, 5) is 25.4. The van der Waals surface area contributed by atoms with Crippen LogP contribution in [0.3, 0.4) is 0 Å². The van der Waals surface area contributed by atoms with Gasteiger partial charge in [0.2, 0.25) is 5.95 Å². The zero-order valence-electron chi connectivity index (χ0n) is 15.3. The molecule has 1 amide bonds. The molecule has 0 aliphatic carbocycles. The van der Waals surface area contributed by atoms with Crippen LogP contribution in [0, 0.1) is 0 Å². The lowest BCUT2D eigenvalue weighted by Gasteiger charge is -2.32. The Morgan fingerprint density at radius 2 is 1.85 bits per heavy atom. The molecule has 26 heavy (non-hydrogen) atoms. The van der Waals surface area contributed by atoms with Gasteiger partial charge in [-0.05, 0) is 25.1 Å². The predicted octanol–water partition coefficient (Wildman–Crippen LogP) is 1.21. The number of methoxy groups -OCH3 is 1. The second kappa shape index (κ2) is 8.62. The number of carbonyl (C=O) groups excluding carboxylic acids is 1. The van der Waals surface area contributed by atoms with Crippen LogP contribution in [0.25, 0.3) is 0 Å². The van der Waals surface area contributed by atoms with Gasteiger partial charge in [0.1, 0.15) is 5.75 Å². The third kappa shape index (κ3) is 4.49. The van der Waals surface area contributed by atoms with Crippen LogP contribution < -0.4 is 15.0 Å². The Bertz CT molecular complexity index is 727. The summed E-state index contributed by atoms with van der Waals surface area (Å²) in [6.45, 7) is 4.32. The fraction of sp³-hybridized carbons (Fsp3) is 0.421. The van der Waals surface area contributed by atoms with Gasteiger partial charge in [0, 0.05) is 45.1 Å². The standard InChI is InChI=1S/C19H25N5O2/c1-23-9-11-24(12-10-23)19-21-13-16(14-22-19)18(25)20-8-7-15-5-3-4-6-17(15)26-2/h3-6,13-14H,7-12H2,1-2H3,(H,20,25). The largest absolute Gasteiger partial charge is 0.496 e. The molecule has 0 unspecified atom stereocenters. The molecule has 1 saturated heterocycles. The van der Waals surface area contributed by atoms with E-state index in [2.05, 4.69) is 32.1 Å². The third-order valence-corrected chi connectivity index (χ3v) is 4.56. The van der Waals surface area contributed by atoms with Crippen LogP contribution in [0.1, 0.15) is 15.9 Å². The van der Waals surface area contributed by atoms with Crippen LogP contribution in [0.2, 0.25) is 0 Å². The van der Waals surface area contributed by atoms with Crippen LogP contribution in [0.4, 0.5) is 5.95 Å². The molecule has 1 aliphatic rings. The number of hydrogen-bond donors (Lipinski definition) is 1.